The molecule has 0 aromatic heterocycles. The first kappa shape index (κ1) is 24.6. The van der Waals surface area contributed by atoms with Crippen LogP contribution in [0.1, 0.15) is 46.5 Å². The first-order chi connectivity index (χ1) is 14.5. The average Bonchev–Trinajstić information content (AvgIpc) is 3.38. The van der Waals surface area contributed by atoms with E-state index < -0.39 is 33.2 Å². The lowest BCUT2D eigenvalue weighted by molar-refractivity contribution is -0.231. The minimum Gasteiger partial charge on any atom is -0.444 e. The summed E-state index contributed by atoms with van der Waals surface area (Å²) in [5, 5.41) is 2.86. The maximum absolute atomic E-state index is 14.0. The number of alkyl carbamates (subject to hydrolysis) is 1. The Morgan fingerprint density at radius 2 is 1.87 bits per heavy atom. The number of likely N-dealkylation sites (tertiary alicyclic amines) is 1. The van der Waals surface area contributed by atoms with Crippen molar-refractivity contribution in [3.8, 4) is 12.3 Å². The summed E-state index contributed by atoms with van der Waals surface area (Å²) in [4.78, 5) is 28.3. The monoisotopic (exact) mass is 548 g/mol. The lowest BCUT2D eigenvalue weighted by Gasteiger charge is -2.44. The maximum Gasteiger partial charge on any atom is 0.408 e. The van der Waals surface area contributed by atoms with E-state index in [9.17, 15) is 9.59 Å². The lowest BCUT2D eigenvalue weighted by atomic mass is 9.95. The second-order valence-corrected chi connectivity index (χ2v) is 11.1. The van der Waals surface area contributed by atoms with E-state index >= 15 is 0 Å². The third-order valence-corrected chi connectivity index (χ3v) is 8.47. The molecule has 3 aliphatic rings. The van der Waals surface area contributed by atoms with Gasteiger partial charge in [-0.15, -0.1) is 6.42 Å². The minimum atomic E-state index is -1.16. The molecule has 3 fully saturated rings. The molecule has 0 aromatic rings. The molecule has 0 radical (unpaired) electrons. The lowest BCUT2D eigenvalue weighted by Crippen LogP contribution is -2.65. The number of terminal acetylenes is 1. The van der Waals surface area contributed by atoms with Crippen molar-refractivity contribution in [2.75, 3.05) is 27.4 Å². The van der Waals surface area contributed by atoms with Gasteiger partial charge in [0, 0.05) is 20.8 Å². The van der Waals surface area contributed by atoms with Crippen LogP contribution in [-0.4, -0.2) is 71.4 Å². The van der Waals surface area contributed by atoms with Gasteiger partial charge in [0.05, 0.1) is 5.92 Å². The highest BCUT2D eigenvalue weighted by Crippen LogP contribution is 2.54. The molecule has 2 unspecified atom stereocenters. The van der Waals surface area contributed by atoms with Gasteiger partial charge in [-0.3, -0.25) is 4.79 Å². The van der Waals surface area contributed by atoms with Crippen LogP contribution in [-0.2, 0) is 23.7 Å². The van der Waals surface area contributed by atoms with Crippen LogP contribution in [0.5, 0.6) is 0 Å². The van der Waals surface area contributed by atoms with Crippen molar-refractivity contribution in [1.29, 1.82) is 0 Å². The molecule has 2 amide bonds. The van der Waals surface area contributed by atoms with Gasteiger partial charge in [0.2, 0.25) is 11.7 Å². The van der Waals surface area contributed by atoms with Crippen molar-refractivity contribution in [2.45, 2.75) is 73.5 Å². The minimum absolute atomic E-state index is 0.0326. The Balaban J connectivity index is 1.94. The molecule has 1 aliphatic carbocycles. The Bertz CT molecular complexity index is 737. The fourth-order valence-electron chi connectivity index (χ4n) is 4.95. The van der Waals surface area contributed by atoms with Gasteiger partial charge in [0.25, 0.3) is 0 Å². The third kappa shape index (κ3) is 4.28. The molecule has 0 spiro atoms. The number of carbonyl (C=O) groups is 2. The molecule has 0 aromatic carbocycles. The van der Waals surface area contributed by atoms with Crippen LogP contribution in [0.4, 0.5) is 4.79 Å². The molecule has 31 heavy (non-hydrogen) atoms. The van der Waals surface area contributed by atoms with E-state index in [-0.39, 0.29) is 24.3 Å². The summed E-state index contributed by atoms with van der Waals surface area (Å²) in [6, 6.07) is -0.715. The van der Waals surface area contributed by atoms with Crippen molar-refractivity contribution in [3.63, 3.8) is 0 Å². The summed E-state index contributed by atoms with van der Waals surface area (Å²) in [7, 11) is 3.07. The third-order valence-electron chi connectivity index (χ3n) is 6.45. The van der Waals surface area contributed by atoms with Crippen molar-refractivity contribution < 1.29 is 28.5 Å². The summed E-state index contributed by atoms with van der Waals surface area (Å²) in [6.45, 7) is 5.84. The number of nitrogens with zero attached hydrogens (tertiary/aromatic N) is 1. The Morgan fingerprint density at radius 3 is 2.39 bits per heavy atom. The van der Waals surface area contributed by atoms with Crippen molar-refractivity contribution in [2.24, 2.45) is 11.8 Å². The van der Waals surface area contributed by atoms with Crippen LogP contribution in [0, 0.1) is 24.2 Å². The summed E-state index contributed by atoms with van der Waals surface area (Å²) < 4.78 is 22.0. The predicted octanol–water partition coefficient (Wildman–Crippen LogP) is 2.68. The highest BCUT2D eigenvalue weighted by Gasteiger charge is 2.72. The molecular weight excluding hydrogens is 515 g/mol. The zero-order valence-electron chi connectivity index (χ0n) is 18.9. The van der Waals surface area contributed by atoms with E-state index in [0.717, 1.165) is 25.7 Å². The van der Waals surface area contributed by atoms with Gasteiger partial charge in [0.1, 0.15) is 24.4 Å². The molecule has 8 nitrogen and oxygen atoms in total. The van der Waals surface area contributed by atoms with Gasteiger partial charge in [-0.25, -0.2) is 4.79 Å². The van der Waals surface area contributed by atoms with Crippen LogP contribution < -0.4 is 5.32 Å². The zero-order chi connectivity index (χ0) is 23.0. The number of fused-ring (bicyclic) bond motifs is 1. The standard InChI is InChI=1S/C22H33IN2O6/c1-7-14-12-25(22(23)17(14)30-13-21(22,28-5)29-6)18(26)16(15-10-8-9-11-15)24-19(27)31-20(2,3)4/h1,14-17H,8-13H2,2-6H3,(H,24,27)/t14-,16+,17?,22?/m1/s1. The van der Waals surface area contributed by atoms with E-state index in [0.29, 0.717) is 6.54 Å². The zero-order valence-corrected chi connectivity index (χ0v) is 21.1. The largest absolute Gasteiger partial charge is 0.444 e. The first-order valence-corrected chi connectivity index (χ1v) is 11.8. The molecule has 3 rings (SSSR count). The number of hydrogen-bond acceptors (Lipinski definition) is 6. The average molecular weight is 548 g/mol. The molecule has 1 saturated carbocycles. The number of rotatable bonds is 5. The molecule has 2 aliphatic heterocycles. The van der Waals surface area contributed by atoms with Crippen molar-refractivity contribution in [3.05, 3.63) is 0 Å². The van der Waals surface area contributed by atoms with Gasteiger partial charge in [-0.05, 0) is 62.1 Å². The van der Waals surface area contributed by atoms with Crippen LogP contribution in [0.2, 0.25) is 0 Å². The van der Waals surface area contributed by atoms with Gasteiger partial charge in [-0.1, -0.05) is 18.8 Å². The Labute approximate surface area is 198 Å². The number of methoxy groups -OCH3 is 2. The summed E-state index contributed by atoms with van der Waals surface area (Å²) in [5.41, 5.74) is -0.661. The van der Waals surface area contributed by atoms with Crippen LogP contribution in [0.3, 0.4) is 0 Å². The maximum atomic E-state index is 14.0. The number of hydrogen-bond donors (Lipinski definition) is 1. The van der Waals surface area contributed by atoms with E-state index in [1.807, 2.05) is 0 Å². The molecule has 174 valence electrons. The second kappa shape index (κ2) is 9.04. The number of alkyl halides is 1. The second-order valence-electron chi connectivity index (χ2n) is 9.46. The molecule has 0 bridgehead atoms. The number of halogens is 1. The topological polar surface area (TPSA) is 86.3 Å². The van der Waals surface area contributed by atoms with Gasteiger partial charge >= 0.3 is 6.09 Å². The first-order valence-electron chi connectivity index (χ1n) is 10.7. The van der Waals surface area contributed by atoms with E-state index in [4.69, 9.17) is 25.4 Å². The Morgan fingerprint density at radius 1 is 1.26 bits per heavy atom. The summed E-state index contributed by atoms with van der Waals surface area (Å²) in [6.07, 6.45) is 8.54. The normalized spacial score (nSPS) is 31.2. The highest BCUT2D eigenvalue weighted by atomic mass is 127. The van der Waals surface area contributed by atoms with Crippen molar-refractivity contribution >= 4 is 34.6 Å². The molecule has 4 atom stereocenters. The molecular formula is C22H33IN2O6. The smallest absolute Gasteiger partial charge is 0.408 e. The fourth-order valence-corrected chi connectivity index (χ4v) is 6.59. The Hall–Kier alpha value is -1.09. The van der Waals surface area contributed by atoms with Crippen LogP contribution >= 0.6 is 22.6 Å². The van der Waals surface area contributed by atoms with E-state index in [1.54, 1.807) is 25.7 Å². The molecule has 2 heterocycles. The van der Waals surface area contributed by atoms with Gasteiger partial charge in [0.15, 0.2) is 3.55 Å². The summed E-state index contributed by atoms with van der Waals surface area (Å²) >= 11 is 2.19. The SMILES string of the molecule is C#C[C@@H]1CN(C(=O)[C@@H](NC(=O)OC(C)(C)C)C2CCCC2)C2(I)C1OCC2(OC)OC. The fraction of sp³-hybridized carbons (Fsp3) is 0.818. The van der Waals surface area contributed by atoms with E-state index in [1.165, 1.54) is 14.2 Å². The van der Waals surface area contributed by atoms with Crippen LogP contribution in [0.25, 0.3) is 0 Å². The summed E-state index contributed by atoms with van der Waals surface area (Å²) in [5.74, 6) is 1.12. The van der Waals surface area contributed by atoms with Crippen molar-refractivity contribution in [1.82, 2.24) is 10.2 Å². The quantitative estimate of drug-likeness (QED) is 0.187. The number of nitrogens with one attached hydrogen (secondary N) is 1. The Kier molecular flexibility index (Phi) is 7.16. The number of amides is 2. The molecule has 1 N–H and O–H groups in total. The van der Waals surface area contributed by atoms with Gasteiger partial charge < -0.3 is 29.2 Å². The molecule has 2 saturated heterocycles. The number of carbonyl (C=O) groups excluding carboxylic acids is 2. The number of ether oxygens (including phenoxy) is 4. The molecule has 9 heteroatoms. The van der Waals surface area contributed by atoms with Gasteiger partial charge in [-0.2, -0.15) is 0 Å². The van der Waals surface area contributed by atoms with E-state index in [2.05, 4.69) is 33.8 Å². The predicted molar refractivity (Wildman–Crippen MR) is 122 cm³/mol. The highest BCUT2D eigenvalue weighted by molar-refractivity contribution is 14.1. The van der Waals surface area contributed by atoms with Crippen LogP contribution in [0.15, 0.2) is 0 Å².